The van der Waals surface area contributed by atoms with Gasteiger partial charge in [-0.2, -0.15) is 5.21 Å². The smallest absolute Gasteiger partial charge is 0.207 e. The number of benzene rings is 1. The number of H-pyrrole nitrogens is 1. The third-order valence-electron chi connectivity index (χ3n) is 2.71. The van der Waals surface area contributed by atoms with Gasteiger partial charge in [-0.3, -0.25) is 0 Å². The van der Waals surface area contributed by atoms with Crippen LogP contribution < -0.4 is 16.2 Å². The first-order valence-corrected chi connectivity index (χ1v) is 5.67. The van der Waals surface area contributed by atoms with Crippen LogP contribution in [0.15, 0.2) is 24.3 Å². The summed E-state index contributed by atoms with van der Waals surface area (Å²) < 4.78 is 0. The average Bonchev–Trinajstić information content (AvgIpc) is 2.75. The molecule has 2 bridgehead atoms. The molecule has 6 heteroatoms. The molecule has 3 rings (SSSR count). The van der Waals surface area contributed by atoms with Crippen LogP contribution in [0.3, 0.4) is 0 Å². The molecule has 1 aromatic heterocycles. The van der Waals surface area contributed by atoms with Gasteiger partial charge < -0.3 is 10.7 Å². The van der Waals surface area contributed by atoms with Crippen molar-refractivity contribution in [1.82, 2.24) is 20.8 Å². The largest absolute Gasteiger partial charge is 0.336 e. The summed E-state index contributed by atoms with van der Waals surface area (Å²) in [5.74, 6) is 1.37. The Morgan fingerprint density at radius 1 is 1.12 bits per heavy atom. The fraction of sp³-hybridized carbons (Fsp3) is 0.273. The number of hydrazine groups is 1. The first-order chi connectivity index (χ1) is 8.42. The molecule has 1 aliphatic heterocycles. The predicted octanol–water partition coefficient (Wildman–Crippen LogP) is 1.41. The Bertz CT molecular complexity index is 506. The Balaban J connectivity index is 1.95. The maximum absolute atomic E-state index is 4.06. The first-order valence-electron chi connectivity index (χ1n) is 5.67. The number of fused-ring (bicyclic) bond motifs is 3. The van der Waals surface area contributed by atoms with Gasteiger partial charge in [0.2, 0.25) is 5.82 Å². The van der Waals surface area contributed by atoms with Crippen molar-refractivity contribution >= 4 is 17.3 Å². The Labute approximate surface area is 98.8 Å². The summed E-state index contributed by atoms with van der Waals surface area (Å²) in [5, 5.41) is 13.9. The second kappa shape index (κ2) is 4.42. The lowest BCUT2D eigenvalue weighted by molar-refractivity contribution is 0.714. The molecule has 2 aromatic rings. The van der Waals surface area contributed by atoms with Crippen LogP contribution in [0.4, 0.5) is 17.3 Å². The molecule has 0 atom stereocenters. The number of aryl methyl sites for hydroxylation is 1. The molecule has 0 spiro atoms. The number of aromatic amines is 1. The Hall–Kier alpha value is -2.08. The van der Waals surface area contributed by atoms with Gasteiger partial charge >= 0.3 is 0 Å². The highest BCUT2D eigenvalue weighted by molar-refractivity contribution is 5.66. The van der Waals surface area contributed by atoms with Crippen molar-refractivity contribution in [2.24, 2.45) is 0 Å². The highest BCUT2D eigenvalue weighted by Crippen LogP contribution is 2.21. The van der Waals surface area contributed by atoms with Crippen LogP contribution in [0.2, 0.25) is 0 Å². The van der Waals surface area contributed by atoms with Crippen LogP contribution in [0.1, 0.15) is 12.0 Å². The highest BCUT2D eigenvalue weighted by Gasteiger charge is 2.08. The topological polar surface area (TPSA) is 77.7 Å². The maximum atomic E-state index is 4.06. The molecule has 0 aliphatic carbocycles. The van der Waals surface area contributed by atoms with Gasteiger partial charge in [-0.25, -0.2) is 5.43 Å². The van der Waals surface area contributed by atoms with Gasteiger partial charge in [0.15, 0.2) is 5.82 Å². The van der Waals surface area contributed by atoms with Crippen LogP contribution in [0, 0.1) is 0 Å². The molecule has 0 radical (unpaired) electrons. The number of rotatable bonds is 0. The zero-order valence-electron chi connectivity index (χ0n) is 9.33. The Morgan fingerprint density at radius 3 is 3.06 bits per heavy atom. The fourth-order valence-corrected chi connectivity index (χ4v) is 1.87. The summed E-state index contributed by atoms with van der Waals surface area (Å²) in [6.07, 6.45) is 2.13. The van der Waals surface area contributed by atoms with Gasteiger partial charge in [0.1, 0.15) is 0 Å². The standard InChI is InChI=1S/C11H14N6/c1-3-8-4-2-6-12-14-11-10(15-17-16-11)13-9(5-1)7-8/h1,3,5,7,12H,2,4,6H2,(H3,13,14,15,16,17). The summed E-state index contributed by atoms with van der Waals surface area (Å²) >= 11 is 0. The van der Waals surface area contributed by atoms with E-state index < -0.39 is 0 Å². The maximum Gasteiger partial charge on any atom is 0.207 e. The SMILES string of the molecule is c1cc2cc(c1)Nc1n[nH]nc1NNCCC2. The van der Waals surface area contributed by atoms with E-state index in [-0.39, 0.29) is 0 Å². The van der Waals surface area contributed by atoms with E-state index in [4.69, 9.17) is 0 Å². The molecule has 2 heterocycles. The van der Waals surface area contributed by atoms with E-state index in [1.165, 1.54) is 5.56 Å². The van der Waals surface area contributed by atoms with Crippen LogP contribution in [0.5, 0.6) is 0 Å². The van der Waals surface area contributed by atoms with Gasteiger partial charge in [0, 0.05) is 12.2 Å². The van der Waals surface area contributed by atoms with Gasteiger partial charge in [-0.15, -0.1) is 10.2 Å². The Kier molecular flexibility index (Phi) is 2.63. The van der Waals surface area contributed by atoms with Crippen LogP contribution in [0.25, 0.3) is 0 Å². The third kappa shape index (κ3) is 2.21. The van der Waals surface area contributed by atoms with E-state index in [2.05, 4.69) is 49.8 Å². The second-order valence-corrected chi connectivity index (χ2v) is 4.00. The zero-order valence-corrected chi connectivity index (χ0v) is 9.33. The summed E-state index contributed by atoms with van der Waals surface area (Å²) in [6.45, 7) is 0.885. The van der Waals surface area contributed by atoms with Crippen LogP contribution in [-0.2, 0) is 6.42 Å². The molecule has 88 valence electrons. The number of nitrogens with zero attached hydrogens (tertiary/aromatic N) is 2. The van der Waals surface area contributed by atoms with Crippen molar-refractivity contribution < 1.29 is 0 Å². The van der Waals surface area contributed by atoms with E-state index in [0.29, 0.717) is 11.6 Å². The van der Waals surface area contributed by atoms with Gasteiger partial charge in [-0.05, 0) is 30.5 Å². The van der Waals surface area contributed by atoms with Gasteiger partial charge in [0.05, 0.1) is 0 Å². The average molecular weight is 230 g/mol. The van der Waals surface area contributed by atoms with E-state index in [1.54, 1.807) is 0 Å². The molecule has 0 unspecified atom stereocenters. The van der Waals surface area contributed by atoms with E-state index in [9.17, 15) is 0 Å². The molecule has 0 saturated heterocycles. The van der Waals surface area contributed by atoms with E-state index in [1.807, 2.05) is 6.07 Å². The Morgan fingerprint density at radius 2 is 2.06 bits per heavy atom. The lowest BCUT2D eigenvalue weighted by Gasteiger charge is -2.06. The minimum absolute atomic E-state index is 0.678. The number of hydrogen-bond acceptors (Lipinski definition) is 5. The van der Waals surface area contributed by atoms with E-state index in [0.717, 1.165) is 25.1 Å². The predicted molar refractivity (Wildman–Crippen MR) is 66.1 cm³/mol. The highest BCUT2D eigenvalue weighted by atomic mass is 15.5. The molecule has 6 nitrogen and oxygen atoms in total. The van der Waals surface area contributed by atoms with Crippen molar-refractivity contribution in [3.63, 3.8) is 0 Å². The molecular formula is C11H14N6. The van der Waals surface area contributed by atoms with Crippen molar-refractivity contribution in [3.8, 4) is 0 Å². The number of hydrogen-bond donors (Lipinski definition) is 4. The first kappa shape index (κ1) is 10.1. The summed E-state index contributed by atoms with van der Waals surface area (Å²) in [7, 11) is 0. The lowest BCUT2D eigenvalue weighted by atomic mass is 10.1. The second-order valence-electron chi connectivity index (χ2n) is 4.00. The number of aromatic nitrogens is 3. The monoisotopic (exact) mass is 230 g/mol. The number of nitrogens with one attached hydrogen (secondary N) is 4. The van der Waals surface area contributed by atoms with Crippen molar-refractivity contribution in [3.05, 3.63) is 29.8 Å². The molecule has 0 amide bonds. The van der Waals surface area contributed by atoms with Crippen molar-refractivity contribution in [2.75, 3.05) is 17.3 Å². The number of anilines is 3. The molecule has 0 saturated carbocycles. The fourth-order valence-electron chi connectivity index (χ4n) is 1.87. The minimum Gasteiger partial charge on any atom is -0.336 e. The van der Waals surface area contributed by atoms with Crippen molar-refractivity contribution in [1.29, 1.82) is 0 Å². The normalized spacial score (nSPS) is 15.1. The van der Waals surface area contributed by atoms with E-state index >= 15 is 0 Å². The molecule has 4 N–H and O–H groups in total. The summed E-state index contributed by atoms with van der Waals surface area (Å²) in [6, 6.07) is 8.35. The van der Waals surface area contributed by atoms with Gasteiger partial charge in [-0.1, -0.05) is 12.1 Å². The zero-order chi connectivity index (χ0) is 11.5. The quantitative estimate of drug-likeness (QED) is 0.550. The van der Waals surface area contributed by atoms with Crippen molar-refractivity contribution in [2.45, 2.75) is 12.8 Å². The molecular weight excluding hydrogens is 216 g/mol. The molecule has 1 aliphatic rings. The summed E-state index contributed by atoms with van der Waals surface area (Å²) in [4.78, 5) is 0. The molecule has 17 heavy (non-hydrogen) atoms. The van der Waals surface area contributed by atoms with Crippen LogP contribution in [-0.4, -0.2) is 22.0 Å². The molecule has 0 fully saturated rings. The van der Waals surface area contributed by atoms with Gasteiger partial charge in [0.25, 0.3) is 0 Å². The van der Waals surface area contributed by atoms with Crippen LogP contribution >= 0.6 is 0 Å². The summed E-state index contributed by atoms with van der Waals surface area (Å²) in [5.41, 5.74) is 8.51. The third-order valence-corrected chi connectivity index (χ3v) is 2.71. The lowest BCUT2D eigenvalue weighted by Crippen LogP contribution is -2.23. The minimum atomic E-state index is 0.678. The molecule has 1 aromatic carbocycles.